The van der Waals surface area contributed by atoms with Gasteiger partial charge in [0, 0.05) is 16.3 Å². The second-order valence-electron chi connectivity index (χ2n) is 6.53. The van der Waals surface area contributed by atoms with Crippen LogP contribution in [0.3, 0.4) is 0 Å². The number of rotatable bonds is 3. The van der Waals surface area contributed by atoms with Crippen LogP contribution in [0, 0.1) is 0 Å². The zero-order chi connectivity index (χ0) is 16.4. The molecular formula is C21H22ClN2+. The van der Waals surface area contributed by atoms with Gasteiger partial charge in [0.1, 0.15) is 6.54 Å². The van der Waals surface area contributed by atoms with E-state index in [-0.39, 0.29) is 0 Å². The molecule has 1 N–H and O–H groups in total. The van der Waals surface area contributed by atoms with Crippen LogP contribution < -0.4 is 9.80 Å². The highest BCUT2D eigenvalue weighted by atomic mass is 35.5. The lowest BCUT2D eigenvalue weighted by Crippen LogP contribution is -3.13. The number of benzene rings is 3. The SMILES string of the molecule is Clc1cccc(N2CC[NH+](Cc3cccc4ccccc34)CC2)c1. The van der Waals surface area contributed by atoms with Crippen molar-refractivity contribution in [3.63, 3.8) is 0 Å². The highest BCUT2D eigenvalue weighted by Gasteiger charge is 2.21. The van der Waals surface area contributed by atoms with Crippen LogP contribution in [0.15, 0.2) is 66.7 Å². The van der Waals surface area contributed by atoms with Crippen LogP contribution in [0.4, 0.5) is 5.69 Å². The summed E-state index contributed by atoms with van der Waals surface area (Å²) < 4.78 is 0. The normalized spacial score (nSPS) is 15.8. The number of halogens is 1. The van der Waals surface area contributed by atoms with E-state index >= 15 is 0 Å². The van der Waals surface area contributed by atoms with Gasteiger partial charge >= 0.3 is 0 Å². The number of quaternary nitrogens is 1. The van der Waals surface area contributed by atoms with Crippen LogP contribution in [-0.4, -0.2) is 26.2 Å². The van der Waals surface area contributed by atoms with Gasteiger partial charge in [0.25, 0.3) is 0 Å². The Balaban J connectivity index is 1.44. The van der Waals surface area contributed by atoms with Crippen molar-refractivity contribution >= 4 is 28.1 Å². The molecule has 0 bridgehead atoms. The molecule has 0 amide bonds. The number of fused-ring (bicyclic) bond motifs is 1. The highest BCUT2D eigenvalue weighted by molar-refractivity contribution is 6.30. The molecule has 0 spiro atoms. The molecule has 1 fully saturated rings. The molecule has 3 aromatic carbocycles. The molecule has 1 aliphatic rings. The fraction of sp³-hybridized carbons (Fsp3) is 0.238. The predicted octanol–water partition coefficient (Wildman–Crippen LogP) is 3.40. The largest absolute Gasteiger partial charge is 0.360 e. The summed E-state index contributed by atoms with van der Waals surface area (Å²) in [5, 5.41) is 3.55. The van der Waals surface area contributed by atoms with E-state index in [1.807, 2.05) is 12.1 Å². The maximum Gasteiger partial charge on any atom is 0.104 e. The first-order valence-corrected chi connectivity index (χ1v) is 8.98. The first-order chi connectivity index (χ1) is 11.8. The van der Waals surface area contributed by atoms with Crippen LogP contribution in [0.5, 0.6) is 0 Å². The smallest absolute Gasteiger partial charge is 0.104 e. The average molecular weight is 338 g/mol. The third-order valence-electron chi connectivity index (χ3n) is 4.96. The minimum atomic E-state index is 0.818. The maximum atomic E-state index is 6.12. The van der Waals surface area contributed by atoms with Gasteiger partial charge < -0.3 is 9.80 Å². The van der Waals surface area contributed by atoms with E-state index in [9.17, 15) is 0 Å². The van der Waals surface area contributed by atoms with E-state index in [0.717, 1.165) is 37.7 Å². The number of nitrogens with zero attached hydrogens (tertiary/aromatic N) is 1. The summed E-state index contributed by atoms with van der Waals surface area (Å²) in [5.74, 6) is 0. The molecule has 3 heteroatoms. The fourth-order valence-corrected chi connectivity index (χ4v) is 3.83. The summed E-state index contributed by atoms with van der Waals surface area (Å²) in [6, 6.07) is 23.5. The van der Waals surface area contributed by atoms with Crippen LogP contribution in [0.2, 0.25) is 5.02 Å². The third kappa shape index (κ3) is 3.26. The molecule has 1 heterocycles. The van der Waals surface area contributed by atoms with E-state index in [1.54, 1.807) is 4.90 Å². The Morgan fingerprint density at radius 1 is 0.875 bits per heavy atom. The molecule has 0 saturated carbocycles. The summed E-state index contributed by atoms with van der Waals surface area (Å²) in [7, 11) is 0. The molecule has 1 aliphatic heterocycles. The molecule has 122 valence electrons. The molecule has 24 heavy (non-hydrogen) atoms. The van der Waals surface area contributed by atoms with Crippen molar-refractivity contribution in [1.29, 1.82) is 0 Å². The summed E-state index contributed by atoms with van der Waals surface area (Å²) in [4.78, 5) is 4.10. The summed E-state index contributed by atoms with van der Waals surface area (Å²) in [5.41, 5.74) is 2.70. The van der Waals surface area contributed by atoms with Crippen LogP contribution in [-0.2, 0) is 6.54 Å². The van der Waals surface area contributed by atoms with Gasteiger partial charge in [0.15, 0.2) is 0 Å². The number of hydrogen-bond donors (Lipinski definition) is 1. The van der Waals surface area contributed by atoms with E-state index < -0.39 is 0 Å². The molecule has 1 saturated heterocycles. The Bertz CT molecular complexity index is 833. The number of piperazine rings is 1. The van der Waals surface area contributed by atoms with Crippen molar-refractivity contribution in [1.82, 2.24) is 0 Å². The van der Waals surface area contributed by atoms with Crippen LogP contribution >= 0.6 is 11.6 Å². The topological polar surface area (TPSA) is 7.68 Å². The molecule has 4 rings (SSSR count). The summed E-state index contributed by atoms with van der Waals surface area (Å²) in [6.45, 7) is 5.59. The first-order valence-electron chi connectivity index (χ1n) is 8.60. The van der Waals surface area contributed by atoms with Gasteiger partial charge in [-0.25, -0.2) is 0 Å². The molecule has 0 radical (unpaired) electrons. The summed E-state index contributed by atoms with van der Waals surface area (Å²) >= 11 is 6.12. The Morgan fingerprint density at radius 2 is 1.62 bits per heavy atom. The standard InChI is InChI=1S/C21H21ClN2/c22-19-8-4-9-20(15-19)24-13-11-23(12-14-24)16-18-7-3-6-17-5-1-2-10-21(17)18/h1-10,15H,11-14,16H2/p+1. The second-order valence-corrected chi connectivity index (χ2v) is 6.97. The van der Waals surface area contributed by atoms with Crippen LogP contribution in [0.1, 0.15) is 5.56 Å². The van der Waals surface area contributed by atoms with Crippen molar-refractivity contribution in [3.8, 4) is 0 Å². The number of hydrogen-bond acceptors (Lipinski definition) is 1. The zero-order valence-electron chi connectivity index (χ0n) is 13.7. The zero-order valence-corrected chi connectivity index (χ0v) is 14.5. The third-order valence-corrected chi connectivity index (χ3v) is 5.20. The Hall–Kier alpha value is -2.03. The molecule has 3 aromatic rings. The molecule has 0 unspecified atom stereocenters. The van der Waals surface area contributed by atoms with Crippen LogP contribution in [0.25, 0.3) is 10.8 Å². The van der Waals surface area contributed by atoms with E-state index in [1.165, 1.54) is 22.0 Å². The predicted molar refractivity (Wildman–Crippen MR) is 102 cm³/mol. The van der Waals surface area contributed by atoms with E-state index in [0.29, 0.717) is 0 Å². The van der Waals surface area contributed by atoms with Crippen molar-refractivity contribution in [2.75, 3.05) is 31.1 Å². The van der Waals surface area contributed by atoms with Crippen molar-refractivity contribution < 1.29 is 4.90 Å². The number of anilines is 1. The fourth-order valence-electron chi connectivity index (χ4n) is 3.65. The summed E-state index contributed by atoms with van der Waals surface area (Å²) in [6.07, 6.45) is 0. The van der Waals surface area contributed by atoms with E-state index in [2.05, 4.69) is 59.5 Å². The Morgan fingerprint density at radius 3 is 2.46 bits per heavy atom. The van der Waals surface area contributed by atoms with Crippen molar-refractivity contribution in [3.05, 3.63) is 77.3 Å². The van der Waals surface area contributed by atoms with E-state index in [4.69, 9.17) is 11.6 Å². The van der Waals surface area contributed by atoms with Gasteiger partial charge in [-0.15, -0.1) is 0 Å². The van der Waals surface area contributed by atoms with Gasteiger partial charge in [-0.3, -0.25) is 0 Å². The molecular weight excluding hydrogens is 316 g/mol. The monoisotopic (exact) mass is 337 g/mol. The van der Waals surface area contributed by atoms with Gasteiger partial charge in [-0.05, 0) is 29.0 Å². The van der Waals surface area contributed by atoms with Crippen molar-refractivity contribution in [2.45, 2.75) is 6.54 Å². The minimum Gasteiger partial charge on any atom is -0.360 e. The molecule has 2 nitrogen and oxygen atoms in total. The quantitative estimate of drug-likeness (QED) is 0.769. The highest BCUT2D eigenvalue weighted by Crippen LogP contribution is 2.20. The molecule has 0 aliphatic carbocycles. The van der Waals surface area contributed by atoms with Gasteiger partial charge in [0.2, 0.25) is 0 Å². The van der Waals surface area contributed by atoms with Gasteiger partial charge in [-0.2, -0.15) is 0 Å². The average Bonchev–Trinajstić information content (AvgIpc) is 2.63. The Kier molecular flexibility index (Phi) is 4.42. The lowest BCUT2D eigenvalue weighted by Gasteiger charge is -2.34. The minimum absolute atomic E-state index is 0.818. The molecule has 0 atom stereocenters. The van der Waals surface area contributed by atoms with Crippen molar-refractivity contribution in [2.24, 2.45) is 0 Å². The first kappa shape index (κ1) is 15.5. The molecule has 0 aromatic heterocycles. The second kappa shape index (κ2) is 6.84. The Labute approximate surface area is 148 Å². The lowest BCUT2D eigenvalue weighted by molar-refractivity contribution is -0.914. The van der Waals surface area contributed by atoms with Gasteiger partial charge in [0.05, 0.1) is 26.2 Å². The lowest BCUT2D eigenvalue weighted by atomic mass is 10.0. The number of nitrogens with one attached hydrogen (secondary N) is 1. The maximum absolute atomic E-state index is 6.12. The van der Waals surface area contributed by atoms with Gasteiger partial charge in [-0.1, -0.05) is 60.1 Å².